The van der Waals surface area contributed by atoms with E-state index in [1.165, 1.54) is 0 Å². The predicted molar refractivity (Wildman–Crippen MR) is 78.7 cm³/mol. The molecule has 0 aromatic rings. The second-order valence-corrected chi connectivity index (χ2v) is 6.93. The predicted octanol–water partition coefficient (Wildman–Crippen LogP) is 2.85. The SMILES string of the molecule is CCC(C)(NC(=O)N(C)C1CCC(C)(C)CC1)C(=O)O. The molecule has 20 heavy (non-hydrogen) atoms. The van der Waals surface area contributed by atoms with Crippen molar-refractivity contribution >= 4 is 12.0 Å². The van der Waals surface area contributed by atoms with Crippen molar-refractivity contribution in [3.63, 3.8) is 0 Å². The molecule has 1 unspecified atom stereocenters. The number of rotatable bonds is 4. The van der Waals surface area contributed by atoms with E-state index >= 15 is 0 Å². The van der Waals surface area contributed by atoms with Gasteiger partial charge in [-0.2, -0.15) is 0 Å². The largest absolute Gasteiger partial charge is 0.480 e. The zero-order valence-corrected chi connectivity index (χ0v) is 13.3. The summed E-state index contributed by atoms with van der Waals surface area (Å²) in [6.45, 7) is 7.81. The summed E-state index contributed by atoms with van der Waals surface area (Å²) in [5, 5.41) is 11.9. The van der Waals surface area contributed by atoms with E-state index in [4.69, 9.17) is 0 Å². The van der Waals surface area contributed by atoms with E-state index in [2.05, 4.69) is 19.2 Å². The number of hydrogen-bond donors (Lipinski definition) is 2. The van der Waals surface area contributed by atoms with Crippen molar-refractivity contribution in [2.24, 2.45) is 5.41 Å². The van der Waals surface area contributed by atoms with E-state index in [-0.39, 0.29) is 12.1 Å². The first kappa shape index (κ1) is 16.8. The van der Waals surface area contributed by atoms with Gasteiger partial charge in [0.1, 0.15) is 5.54 Å². The lowest BCUT2D eigenvalue weighted by Gasteiger charge is -2.39. The van der Waals surface area contributed by atoms with E-state index in [0.29, 0.717) is 11.8 Å². The van der Waals surface area contributed by atoms with Gasteiger partial charge in [-0.15, -0.1) is 0 Å². The molecule has 5 nitrogen and oxygen atoms in total. The molecule has 1 atom stereocenters. The Bertz CT molecular complexity index is 371. The molecule has 0 heterocycles. The number of carboxylic acids is 1. The smallest absolute Gasteiger partial charge is 0.329 e. The first-order valence-corrected chi connectivity index (χ1v) is 7.40. The Labute approximate surface area is 121 Å². The Morgan fingerprint density at radius 1 is 1.35 bits per heavy atom. The highest BCUT2D eigenvalue weighted by Crippen LogP contribution is 2.36. The Hall–Kier alpha value is -1.26. The lowest BCUT2D eigenvalue weighted by atomic mass is 9.75. The zero-order valence-electron chi connectivity index (χ0n) is 13.3. The van der Waals surface area contributed by atoms with E-state index in [1.54, 1.807) is 25.8 Å². The molecule has 116 valence electrons. The number of nitrogens with one attached hydrogen (secondary N) is 1. The molecule has 0 aromatic heterocycles. The minimum atomic E-state index is -1.20. The van der Waals surface area contributed by atoms with Crippen molar-refractivity contribution in [1.29, 1.82) is 0 Å². The number of hydrogen-bond acceptors (Lipinski definition) is 2. The molecule has 0 radical (unpaired) electrons. The monoisotopic (exact) mass is 284 g/mol. The molecule has 1 saturated carbocycles. The third-order valence-corrected chi connectivity index (χ3v) is 4.74. The van der Waals surface area contributed by atoms with Crippen LogP contribution in [0.15, 0.2) is 0 Å². The molecule has 1 rings (SSSR count). The summed E-state index contributed by atoms with van der Waals surface area (Å²) < 4.78 is 0. The minimum Gasteiger partial charge on any atom is -0.480 e. The molecule has 0 saturated heterocycles. The summed E-state index contributed by atoms with van der Waals surface area (Å²) in [4.78, 5) is 25.1. The van der Waals surface area contributed by atoms with E-state index in [0.717, 1.165) is 25.7 Å². The fourth-order valence-electron chi connectivity index (χ4n) is 2.55. The van der Waals surface area contributed by atoms with Crippen LogP contribution in [0.4, 0.5) is 4.79 Å². The number of urea groups is 1. The molecule has 1 aliphatic carbocycles. The molecule has 1 aliphatic rings. The molecule has 0 aromatic carbocycles. The summed E-state index contributed by atoms with van der Waals surface area (Å²) in [5.74, 6) is -0.994. The normalized spacial score (nSPS) is 21.9. The van der Waals surface area contributed by atoms with Crippen LogP contribution < -0.4 is 5.32 Å². The Morgan fingerprint density at radius 2 is 1.85 bits per heavy atom. The fourth-order valence-corrected chi connectivity index (χ4v) is 2.55. The number of nitrogens with zero attached hydrogens (tertiary/aromatic N) is 1. The van der Waals surface area contributed by atoms with Crippen LogP contribution in [0.3, 0.4) is 0 Å². The lowest BCUT2D eigenvalue weighted by Crippen LogP contribution is -2.57. The van der Waals surface area contributed by atoms with Gasteiger partial charge in [0.15, 0.2) is 0 Å². The second kappa shape index (κ2) is 6.02. The first-order valence-electron chi connectivity index (χ1n) is 7.40. The van der Waals surface area contributed by atoms with Crippen LogP contribution in [0.2, 0.25) is 0 Å². The van der Waals surface area contributed by atoms with Crippen LogP contribution in [0, 0.1) is 5.41 Å². The Morgan fingerprint density at radius 3 is 2.25 bits per heavy atom. The van der Waals surface area contributed by atoms with Crippen molar-refractivity contribution in [3.8, 4) is 0 Å². The molecule has 2 amide bonds. The highest BCUT2D eigenvalue weighted by atomic mass is 16.4. The van der Waals surface area contributed by atoms with Crippen molar-refractivity contribution in [2.45, 2.75) is 71.4 Å². The van der Waals surface area contributed by atoms with E-state index < -0.39 is 11.5 Å². The van der Waals surface area contributed by atoms with Crippen molar-refractivity contribution < 1.29 is 14.7 Å². The zero-order chi connectivity index (χ0) is 15.6. The average Bonchev–Trinajstić information content (AvgIpc) is 2.37. The fraction of sp³-hybridized carbons (Fsp3) is 0.867. The maximum Gasteiger partial charge on any atom is 0.329 e. The highest BCUT2D eigenvalue weighted by Gasteiger charge is 2.36. The van der Waals surface area contributed by atoms with Crippen molar-refractivity contribution in [2.75, 3.05) is 7.05 Å². The summed E-state index contributed by atoms with van der Waals surface area (Å²) in [6, 6.07) is -0.0839. The summed E-state index contributed by atoms with van der Waals surface area (Å²) in [6.07, 6.45) is 4.51. The van der Waals surface area contributed by atoms with Gasteiger partial charge in [0.25, 0.3) is 0 Å². The molecule has 0 spiro atoms. The van der Waals surface area contributed by atoms with Gasteiger partial charge in [-0.05, 0) is 44.4 Å². The number of aliphatic carboxylic acids is 1. The number of carbonyl (C=O) groups excluding carboxylic acids is 1. The first-order chi connectivity index (χ1) is 9.11. The third kappa shape index (κ3) is 3.87. The standard InChI is InChI=1S/C15H28N2O3/c1-6-15(4,12(18)19)16-13(20)17(5)11-7-9-14(2,3)10-8-11/h11H,6-10H2,1-5H3,(H,16,20)(H,18,19). The molecular formula is C15H28N2O3. The second-order valence-electron chi connectivity index (χ2n) is 6.93. The lowest BCUT2D eigenvalue weighted by molar-refractivity contribution is -0.143. The molecular weight excluding hydrogens is 256 g/mol. The van der Waals surface area contributed by atoms with Crippen LogP contribution >= 0.6 is 0 Å². The maximum absolute atomic E-state index is 12.2. The van der Waals surface area contributed by atoms with Crippen LogP contribution in [0.25, 0.3) is 0 Å². The topological polar surface area (TPSA) is 69.6 Å². The van der Waals surface area contributed by atoms with Gasteiger partial charge in [-0.1, -0.05) is 20.8 Å². The van der Waals surface area contributed by atoms with Gasteiger partial charge < -0.3 is 15.3 Å². The number of carbonyl (C=O) groups is 2. The number of carboxylic acid groups (broad SMARTS) is 1. The molecule has 0 aliphatic heterocycles. The maximum atomic E-state index is 12.2. The van der Waals surface area contributed by atoms with E-state index in [9.17, 15) is 14.7 Å². The quantitative estimate of drug-likeness (QED) is 0.834. The minimum absolute atomic E-state index is 0.206. The van der Waals surface area contributed by atoms with Crippen LogP contribution in [-0.2, 0) is 4.79 Å². The van der Waals surface area contributed by atoms with Crippen LogP contribution in [0.5, 0.6) is 0 Å². The van der Waals surface area contributed by atoms with Crippen LogP contribution in [0.1, 0.15) is 59.8 Å². The third-order valence-electron chi connectivity index (χ3n) is 4.74. The van der Waals surface area contributed by atoms with Gasteiger partial charge in [0, 0.05) is 13.1 Å². The van der Waals surface area contributed by atoms with Gasteiger partial charge in [-0.3, -0.25) is 0 Å². The number of amides is 2. The molecule has 0 bridgehead atoms. The molecule has 2 N–H and O–H groups in total. The highest BCUT2D eigenvalue weighted by molar-refractivity contribution is 5.85. The molecule has 1 fully saturated rings. The summed E-state index contributed by atoms with van der Waals surface area (Å²) in [7, 11) is 1.76. The Balaban J connectivity index is 2.62. The van der Waals surface area contributed by atoms with Gasteiger partial charge in [0.2, 0.25) is 0 Å². The molecule has 5 heteroatoms. The van der Waals surface area contributed by atoms with E-state index in [1.807, 2.05) is 0 Å². The van der Waals surface area contributed by atoms with Gasteiger partial charge >= 0.3 is 12.0 Å². The average molecular weight is 284 g/mol. The van der Waals surface area contributed by atoms with Crippen molar-refractivity contribution in [3.05, 3.63) is 0 Å². The van der Waals surface area contributed by atoms with Gasteiger partial charge in [0.05, 0.1) is 0 Å². The Kier molecular flexibility index (Phi) is 5.05. The summed E-state index contributed by atoms with van der Waals surface area (Å²) >= 11 is 0. The van der Waals surface area contributed by atoms with Gasteiger partial charge in [-0.25, -0.2) is 9.59 Å². The van der Waals surface area contributed by atoms with Crippen molar-refractivity contribution in [1.82, 2.24) is 10.2 Å². The van der Waals surface area contributed by atoms with Crippen LogP contribution in [-0.4, -0.2) is 40.6 Å². The summed E-state index contributed by atoms with van der Waals surface area (Å²) in [5.41, 5.74) is -0.841.